The van der Waals surface area contributed by atoms with Crippen LogP contribution in [0.2, 0.25) is 0 Å². The number of nitrogens with zero attached hydrogens (tertiary/aromatic N) is 4. The van der Waals surface area contributed by atoms with Crippen LogP contribution in [0, 0.1) is 5.92 Å². The summed E-state index contributed by atoms with van der Waals surface area (Å²) < 4.78 is 38.0. The quantitative estimate of drug-likeness (QED) is 0.235. The van der Waals surface area contributed by atoms with Gasteiger partial charge in [-0.2, -0.15) is 18.3 Å². The molecular formula is C19H25F3N8O2. The zero-order chi connectivity index (χ0) is 23.3. The number of amides is 2. The second-order valence-electron chi connectivity index (χ2n) is 7.62. The molecule has 2 heterocycles. The van der Waals surface area contributed by atoms with E-state index in [2.05, 4.69) is 20.7 Å². The van der Waals surface area contributed by atoms with Crippen molar-refractivity contribution in [2.45, 2.75) is 44.9 Å². The first-order valence-corrected chi connectivity index (χ1v) is 10.0. The molecule has 3 rings (SSSR count). The van der Waals surface area contributed by atoms with Gasteiger partial charge in [0.2, 0.25) is 5.91 Å². The second-order valence-corrected chi connectivity index (χ2v) is 7.62. The summed E-state index contributed by atoms with van der Waals surface area (Å²) in [6, 6.07) is 1.64. The molecule has 32 heavy (non-hydrogen) atoms. The lowest BCUT2D eigenvalue weighted by Gasteiger charge is -2.20. The second kappa shape index (κ2) is 9.85. The highest BCUT2D eigenvalue weighted by molar-refractivity contribution is 5.92. The summed E-state index contributed by atoms with van der Waals surface area (Å²) in [6.45, 7) is 0.696. The van der Waals surface area contributed by atoms with Crippen LogP contribution in [0.4, 0.5) is 13.2 Å². The molecular weight excluding hydrogens is 429 g/mol. The molecule has 174 valence electrons. The van der Waals surface area contributed by atoms with E-state index in [1.807, 2.05) is 0 Å². The number of aromatic nitrogens is 3. The topological polar surface area (TPSA) is 144 Å². The van der Waals surface area contributed by atoms with Crippen molar-refractivity contribution in [1.29, 1.82) is 0 Å². The van der Waals surface area contributed by atoms with Crippen LogP contribution in [-0.2, 0) is 22.7 Å². The predicted octanol–water partition coefficient (Wildman–Crippen LogP) is 0.690. The summed E-state index contributed by atoms with van der Waals surface area (Å²) in [7, 11) is 0. The Kier molecular flexibility index (Phi) is 7.18. The SMILES string of the molecule is N/C=C(/C(=O)NCc1cn2ncc(CNC(=O)CCC(F)(F)F)cc2n1)N(N)CC1CC1. The summed E-state index contributed by atoms with van der Waals surface area (Å²) in [5, 5.41) is 10.6. The minimum atomic E-state index is -4.38. The van der Waals surface area contributed by atoms with Crippen LogP contribution in [0.15, 0.2) is 30.4 Å². The average Bonchev–Trinajstić information content (AvgIpc) is 3.44. The van der Waals surface area contributed by atoms with Gasteiger partial charge in [-0.25, -0.2) is 15.3 Å². The Bertz CT molecular complexity index is 1000. The van der Waals surface area contributed by atoms with Crippen LogP contribution < -0.4 is 22.2 Å². The lowest BCUT2D eigenvalue weighted by Crippen LogP contribution is -2.40. The molecule has 1 aliphatic carbocycles. The predicted molar refractivity (Wildman–Crippen MR) is 108 cm³/mol. The maximum Gasteiger partial charge on any atom is 0.389 e. The molecule has 1 saturated carbocycles. The van der Waals surface area contributed by atoms with E-state index >= 15 is 0 Å². The molecule has 0 atom stereocenters. The fraction of sp³-hybridized carbons (Fsp3) is 0.474. The molecule has 10 nitrogen and oxygen atoms in total. The first-order valence-electron chi connectivity index (χ1n) is 10.0. The molecule has 13 heteroatoms. The number of halogens is 3. The van der Waals surface area contributed by atoms with E-state index in [9.17, 15) is 22.8 Å². The van der Waals surface area contributed by atoms with Crippen molar-refractivity contribution in [2.75, 3.05) is 6.54 Å². The Morgan fingerprint density at radius 1 is 1.28 bits per heavy atom. The number of nitrogens with two attached hydrogens (primary N) is 2. The van der Waals surface area contributed by atoms with Gasteiger partial charge >= 0.3 is 6.18 Å². The van der Waals surface area contributed by atoms with E-state index in [1.165, 1.54) is 15.7 Å². The fourth-order valence-electron chi connectivity index (χ4n) is 2.93. The van der Waals surface area contributed by atoms with Gasteiger partial charge in [-0.15, -0.1) is 0 Å². The van der Waals surface area contributed by atoms with Crippen LogP contribution in [-0.4, -0.2) is 44.1 Å². The summed E-state index contributed by atoms with van der Waals surface area (Å²) in [4.78, 5) is 28.3. The molecule has 2 aromatic rings. The lowest BCUT2D eigenvalue weighted by atomic mass is 10.2. The number of hydrogen-bond acceptors (Lipinski definition) is 7. The lowest BCUT2D eigenvalue weighted by molar-refractivity contribution is -0.144. The Morgan fingerprint density at radius 2 is 2.03 bits per heavy atom. The van der Waals surface area contributed by atoms with Crippen LogP contribution in [0.5, 0.6) is 0 Å². The number of carbonyl (C=O) groups is 2. The van der Waals surface area contributed by atoms with Crippen molar-refractivity contribution < 1.29 is 22.8 Å². The van der Waals surface area contributed by atoms with E-state index in [0.29, 0.717) is 29.4 Å². The van der Waals surface area contributed by atoms with Crippen molar-refractivity contribution in [3.63, 3.8) is 0 Å². The first kappa shape index (κ1) is 23.3. The maximum atomic E-state index is 12.4. The largest absolute Gasteiger partial charge is 0.403 e. The molecule has 0 unspecified atom stereocenters. The summed E-state index contributed by atoms with van der Waals surface area (Å²) in [5.74, 6) is 5.27. The molecule has 1 fully saturated rings. The van der Waals surface area contributed by atoms with Gasteiger partial charge < -0.3 is 21.4 Å². The number of alkyl halides is 3. The van der Waals surface area contributed by atoms with Crippen molar-refractivity contribution in [2.24, 2.45) is 17.5 Å². The van der Waals surface area contributed by atoms with E-state index < -0.39 is 30.8 Å². The van der Waals surface area contributed by atoms with Gasteiger partial charge in [-0.1, -0.05) is 0 Å². The summed E-state index contributed by atoms with van der Waals surface area (Å²) >= 11 is 0. The minimum absolute atomic E-state index is 0.0249. The minimum Gasteiger partial charge on any atom is -0.403 e. The van der Waals surface area contributed by atoms with Gasteiger partial charge in [-0.05, 0) is 30.4 Å². The molecule has 2 amide bonds. The number of nitrogens with one attached hydrogen (secondary N) is 2. The molecule has 2 aromatic heterocycles. The number of hydrazine groups is 1. The fourth-order valence-corrected chi connectivity index (χ4v) is 2.93. The van der Waals surface area contributed by atoms with Gasteiger partial charge in [-0.3, -0.25) is 9.59 Å². The first-order chi connectivity index (χ1) is 15.1. The third-order valence-electron chi connectivity index (χ3n) is 4.83. The highest BCUT2D eigenvalue weighted by atomic mass is 19.4. The molecule has 0 aliphatic heterocycles. The molecule has 1 aliphatic rings. The smallest absolute Gasteiger partial charge is 0.389 e. The Hall–Kier alpha value is -3.35. The summed E-state index contributed by atoms with van der Waals surface area (Å²) in [5.41, 5.74) is 7.28. The van der Waals surface area contributed by atoms with Gasteiger partial charge in [0.15, 0.2) is 5.65 Å². The van der Waals surface area contributed by atoms with Crippen molar-refractivity contribution in [3.8, 4) is 0 Å². The normalized spacial score (nSPS) is 14.4. The monoisotopic (exact) mass is 454 g/mol. The third-order valence-corrected chi connectivity index (χ3v) is 4.83. The van der Waals surface area contributed by atoms with Gasteiger partial charge in [0, 0.05) is 25.7 Å². The number of rotatable bonds is 10. The molecule has 6 N–H and O–H groups in total. The highest BCUT2D eigenvalue weighted by Gasteiger charge is 2.28. The Labute approximate surface area is 181 Å². The van der Waals surface area contributed by atoms with Crippen LogP contribution >= 0.6 is 0 Å². The molecule has 0 radical (unpaired) electrons. The van der Waals surface area contributed by atoms with Gasteiger partial charge in [0.1, 0.15) is 5.70 Å². The van der Waals surface area contributed by atoms with E-state index in [-0.39, 0.29) is 18.8 Å². The molecule has 0 aromatic carbocycles. The van der Waals surface area contributed by atoms with Crippen molar-refractivity contribution >= 4 is 17.5 Å². The number of hydrogen-bond donors (Lipinski definition) is 4. The zero-order valence-corrected chi connectivity index (χ0v) is 17.2. The van der Waals surface area contributed by atoms with Crippen LogP contribution in [0.3, 0.4) is 0 Å². The molecule has 0 bridgehead atoms. The number of imidazole rings is 1. The van der Waals surface area contributed by atoms with Crippen molar-refractivity contribution in [3.05, 3.63) is 41.6 Å². The number of fused-ring (bicyclic) bond motifs is 1. The Morgan fingerprint density at radius 3 is 2.69 bits per heavy atom. The van der Waals surface area contributed by atoms with Crippen LogP contribution in [0.1, 0.15) is 36.9 Å². The van der Waals surface area contributed by atoms with E-state index in [1.54, 1.807) is 12.3 Å². The van der Waals surface area contributed by atoms with Gasteiger partial charge in [0.25, 0.3) is 5.91 Å². The van der Waals surface area contributed by atoms with E-state index in [4.69, 9.17) is 11.6 Å². The van der Waals surface area contributed by atoms with Gasteiger partial charge in [0.05, 0.1) is 31.1 Å². The summed E-state index contributed by atoms with van der Waals surface area (Å²) in [6.07, 6.45) is 0.249. The average molecular weight is 454 g/mol. The number of carbonyl (C=O) groups excluding carboxylic acids is 2. The highest BCUT2D eigenvalue weighted by Crippen LogP contribution is 2.29. The molecule has 0 saturated heterocycles. The standard InChI is InChI=1S/C19H25F3N8O2/c20-19(21,22)4-3-17(31)25-7-13-5-16-28-14(11-30(16)27-8-13)9-26-18(32)15(6-23)29(24)10-12-1-2-12/h5-6,8,11-12H,1-4,7,9-10,23-24H2,(H,25,31)(H,26,32)/b15-6-. The Balaban J connectivity index is 1.52. The molecule has 0 spiro atoms. The van der Waals surface area contributed by atoms with E-state index in [0.717, 1.165) is 19.0 Å². The third kappa shape index (κ3) is 6.83. The van der Waals surface area contributed by atoms with Crippen molar-refractivity contribution in [1.82, 2.24) is 30.2 Å². The zero-order valence-electron chi connectivity index (χ0n) is 17.2. The maximum absolute atomic E-state index is 12.4. The van der Waals surface area contributed by atoms with Crippen LogP contribution in [0.25, 0.3) is 5.65 Å².